The van der Waals surface area contributed by atoms with E-state index in [1.807, 2.05) is 0 Å². The van der Waals surface area contributed by atoms with E-state index in [9.17, 15) is 0 Å². The van der Waals surface area contributed by atoms with E-state index in [1.54, 1.807) is 0 Å². The third kappa shape index (κ3) is 3.43. The van der Waals surface area contributed by atoms with Crippen molar-refractivity contribution in [1.29, 1.82) is 0 Å². The topological polar surface area (TPSA) is 15.3 Å². The summed E-state index contributed by atoms with van der Waals surface area (Å²) in [4.78, 5) is 2.73. The number of piperidine rings is 1. The molecule has 0 radical (unpaired) electrons. The zero-order chi connectivity index (χ0) is 14.1. The van der Waals surface area contributed by atoms with Gasteiger partial charge in [-0.2, -0.15) is 0 Å². The molecule has 2 nitrogen and oxygen atoms in total. The highest BCUT2D eigenvalue weighted by molar-refractivity contribution is 5.16. The molecule has 21 heavy (non-hydrogen) atoms. The van der Waals surface area contributed by atoms with Crippen molar-refractivity contribution in [2.24, 2.45) is 17.3 Å². The van der Waals surface area contributed by atoms with Crippen LogP contribution >= 0.6 is 0 Å². The number of allylic oxidation sites excluding steroid dienone is 4. The van der Waals surface area contributed by atoms with Crippen LogP contribution in [-0.4, -0.2) is 37.1 Å². The summed E-state index contributed by atoms with van der Waals surface area (Å²) in [6.45, 7) is 5.35. The zero-order valence-electron chi connectivity index (χ0n) is 13.3. The third-order valence-corrected chi connectivity index (χ3v) is 6.11. The lowest BCUT2D eigenvalue weighted by Crippen LogP contribution is -2.39. The Balaban J connectivity index is 1.20. The minimum Gasteiger partial charge on any atom is -0.313 e. The van der Waals surface area contributed by atoms with Crippen molar-refractivity contribution in [2.75, 3.05) is 26.2 Å². The first kappa shape index (κ1) is 14.0. The normalized spacial score (nSPS) is 37.6. The van der Waals surface area contributed by atoms with Crippen LogP contribution in [0.1, 0.15) is 44.9 Å². The van der Waals surface area contributed by atoms with Gasteiger partial charge in [-0.05, 0) is 68.9 Å². The largest absolute Gasteiger partial charge is 0.313 e. The van der Waals surface area contributed by atoms with Crippen LogP contribution < -0.4 is 5.32 Å². The minimum absolute atomic E-state index is 0.646. The highest BCUT2D eigenvalue weighted by atomic mass is 15.1. The van der Waals surface area contributed by atoms with Crippen LogP contribution in [0.25, 0.3) is 0 Å². The molecule has 1 heterocycles. The average molecular weight is 286 g/mol. The predicted molar refractivity (Wildman–Crippen MR) is 88.2 cm³/mol. The Morgan fingerprint density at radius 1 is 1.10 bits per heavy atom. The van der Waals surface area contributed by atoms with Gasteiger partial charge in [0.05, 0.1) is 0 Å². The van der Waals surface area contributed by atoms with Crippen LogP contribution in [0.5, 0.6) is 0 Å². The van der Waals surface area contributed by atoms with Crippen molar-refractivity contribution < 1.29 is 0 Å². The zero-order valence-corrected chi connectivity index (χ0v) is 13.3. The van der Waals surface area contributed by atoms with Crippen LogP contribution in [0.3, 0.4) is 0 Å². The van der Waals surface area contributed by atoms with Crippen molar-refractivity contribution in [3.8, 4) is 0 Å². The average Bonchev–Trinajstić information content (AvgIpc) is 3.43. The summed E-state index contributed by atoms with van der Waals surface area (Å²) in [6.07, 6.45) is 19.1. The van der Waals surface area contributed by atoms with Crippen LogP contribution in [0, 0.1) is 17.3 Å². The molecule has 1 aliphatic heterocycles. The first-order valence-corrected chi connectivity index (χ1v) is 9.14. The monoisotopic (exact) mass is 286 g/mol. The molecule has 1 saturated heterocycles. The van der Waals surface area contributed by atoms with E-state index in [4.69, 9.17) is 0 Å². The molecule has 3 aliphatic carbocycles. The first-order valence-electron chi connectivity index (χ1n) is 9.14. The maximum atomic E-state index is 3.91. The molecule has 1 N–H and O–H groups in total. The molecule has 1 unspecified atom stereocenters. The lowest BCUT2D eigenvalue weighted by molar-refractivity contribution is 0.183. The van der Waals surface area contributed by atoms with Gasteiger partial charge in [-0.3, -0.25) is 0 Å². The van der Waals surface area contributed by atoms with Gasteiger partial charge in [0.1, 0.15) is 0 Å². The van der Waals surface area contributed by atoms with Gasteiger partial charge in [0.2, 0.25) is 0 Å². The van der Waals surface area contributed by atoms with Crippen molar-refractivity contribution in [3.63, 3.8) is 0 Å². The second-order valence-corrected chi connectivity index (χ2v) is 7.94. The predicted octanol–water partition coefficient (Wildman–Crippen LogP) is 3.36. The summed E-state index contributed by atoms with van der Waals surface area (Å²) in [6, 6.07) is 0.810. The fraction of sp³-hybridized carbons (Fsp3) is 0.789. The molecule has 4 aliphatic rings. The molecular formula is C19H30N2. The second-order valence-electron chi connectivity index (χ2n) is 7.94. The van der Waals surface area contributed by atoms with E-state index in [0.717, 1.165) is 17.9 Å². The summed E-state index contributed by atoms with van der Waals surface area (Å²) in [5.41, 5.74) is 0.646. The molecule has 4 rings (SSSR count). The number of hydrogen-bond donors (Lipinski definition) is 1. The molecule has 0 bridgehead atoms. The van der Waals surface area contributed by atoms with Crippen LogP contribution in [0.4, 0.5) is 0 Å². The van der Waals surface area contributed by atoms with Crippen molar-refractivity contribution in [1.82, 2.24) is 10.2 Å². The smallest absolute Gasteiger partial charge is 0.0105 e. The minimum atomic E-state index is 0.646. The van der Waals surface area contributed by atoms with E-state index in [2.05, 4.69) is 34.5 Å². The van der Waals surface area contributed by atoms with Gasteiger partial charge in [0.25, 0.3) is 0 Å². The fourth-order valence-electron chi connectivity index (χ4n) is 4.35. The second kappa shape index (κ2) is 5.89. The number of hydrogen-bond acceptors (Lipinski definition) is 2. The van der Waals surface area contributed by atoms with E-state index < -0.39 is 0 Å². The van der Waals surface area contributed by atoms with Gasteiger partial charge >= 0.3 is 0 Å². The molecule has 0 spiro atoms. The molecule has 3 atom stereocenters. The van der Waals surface area contributed by atoms with E-state index >= 15 is 0 Å². The van der Waals surface area contributed by atoms with Crippen molar-refractivity contribution in [2.45, 2.75) is 51.0 Å². The Labute approximate surface area is 129 Å². The summed E-state index contributed by atoms with van der Waals surface area (Å²) in [7, 11) is 0. The Morgan fingerprint density at radius 2 is 1.95 bits per heavy atom. The Hall–Kier alpha value is -0.600. The molecule has 0 aromatic rings. The summed E-state index contributed by atoms with van der Waals surface area (Å²) in [5.74, 6) is 1.72. The quantitative estimate of drug-likeness (QED) is 0.805. The van der Waals surface area contributed by atoms with E-state index in [1.165, 1.54) is 71.1 Å². The van der Waals surface area contributed by atoms with Crippen LogP contribution in [0.2, 0.25) is 0 Å². The van der Waals surface area contributed by atoms with E-state index in [0.29, 0.717) is 5.41 Å². The van der Waals surface area contributed by atoms with E-state index in [-0.39, 0.29) is 0 Å². The van der Waals surface area contributed by atoms with Gasteiger partial charge in [0, 0.05) is 19.1 Å². The summed E-state index contributed by atoms with van der Waals surface area (Å²) in [5, 5.41) is 3.91. The first-order chi connectivity index (χ1) is 10.3. The standard InChI is InChI=1S/C19H30N2/c1-3-7-16(8-4-1)17-13-18(17)20-14-19(9-10-19)15-21-11-5-2-6-12-21/h1,3-4,7,16-18,20H,2,5-6,8-15H2/t16-,17?,18-/m0/s1. The number of rotatable bonds is 6. The maximum Gasteiger partial charge on any atom is 0.0105 e. The lowest BCUT2D eigenvalue weighted by Gasteiger charge is -2.30. The van der Waals surface area contributed by atoms with Gasteiger partial charge < -0.3 is 10.2 Å². The highest BCUT2D eigenvalue weighted by Gasteiger charge is 2.47. The molecule has 0 aromatic carbocycles. The Morgan fingerprint density at radius 3 is 2.67 bits per heavy atom. The van der Waals surface area contributed by atoms with Crippen LogP contribution in [0.15, 0.2) is 24.3 Å². The number of likely N-dealkylation sites (tertiary alicyclic amines) is 1. The van der Waals surface area contributed by atoms with Gasteiger partial charge in [-0.15, -0.1) is 0 Å². The molecule has 3 fully saturated rings. The Kier molecular flexibility index (Phi) is 3.93. The van der Waals surface area contributed by atoms with Gasteiger partial charge in [0.15, 0.2) is 0 Å². The molecule has 116 valence electrons. The number of nitrogens with zero attached hydrogens (tertiary/aromatic N) is 1. The molecule has 0 amide bonds. The van der Waals surface area contributed by atoms with Crippen molar-refractivity contribution >= 4 is 0 Å². The fourth-order valence-corrected chi connectivity index (χ4v) is 4.35. The van der Waals surface area contributed by atoms with Crippen LogP contribution in [-0.2, 0) is 0 Å². The summed E-state index contributed by atoms with van der Waals surface area (Å²) < 4.78 is 0. The molecule has 2 saturated carbocycles. The van der Waals surface area contributed by atoms with Crippen molar-refractivity contribution in [3.05, 3.63) is 24.3 Å². The lowest BCUT2D eigenvalue weighted by atomic mass is 9.95. The summed E-state index contributed by atoms with van der Waals surface area (Å²) >= 11 is 0. The molecule has 2 heteroatoms. The molecular weight excluding hydrogens is 256 g/mol. The van der Waals surface area contributed by atoms with Gasteiger partial charge in [-0.25, -0.2) is 0 Å². The Bertz CT molecular complexity index is 415. The molecule has 0 aromatic heterocycles. The number of nitrogens with one attached hydrogen (secondary N) is 1. The third-order valence-electron chi connectivity index (χ3n) is 6.11. The highest BCUT2D eigenvalue weighted by Crippen LogP contribution is 2.48. The van der Waals surface area contributed by atoms with Gasteiger partial charge in [-0.1, -0.05) is 30.7 Å². The maximum absolute atomic E-state index is 3.91. The SMILES string of the molecule is C1=CC[C@@H](C2C[C@@H]2NCC2(CN3CCCCC3)CC2)C=C1.